The lowest BCUT2D eigenvalue weighted by Gasteiger charge is -2.08. The lowest BCUT2D eigenvalue weighted by Crippen LogP contribution is -2.26. The first-order chi connectivity index (χ1) is 9.88. The Kier molecular flexibility index (Phi) is 4.59. The molecule has 0 bridgehead atoms. The number of aryl methyl sites for hydroxylation is 1. The predicted molar refractivity (Wildman–Crippen MR) is 80.9 cm³/mol. The van der Waals surface area contributed by atoms with Crippen LogP contribution < -0.4 is 10.5 Å². The third-order valence-corrected chi connectivity index (χ3v) is 4.61. The molecule has 0 aliphatic carbocycles. The normalized spacial score (nSPS) is 11.5. The summed E-state index contributed by atoms with van der Waals surface area (Å²) >= 11 is 0. The zero-order valence-electron chi connectivity index (χ0n) is 11.6. The Balaban J connectivity index is 2.03. The molecule has 0 heterocycles. The summed E-state index contributed by atoms with van der Waals surface area (Å²) in [5.41, 5.74) is 7.67. The third kappa shape index (κ3) is 4.03. The van der Waals surface area contributed by atoms with E-state index >= 15 is 0 Å². The molecule has 2 rings (SSSR count). The lowest BCUT2D eigenvalue weighted by molar-refractivity contribution is 0.581. The van der Waals surface area contributed by atoms with Gasteiger partial charge in [0, 0.05) is 12.2 Å². The van der Waals surface area contributed by atoms with Gasteiger partial charge in [0.15, 0.2) is 0 Å². The smallest absolute Gasteiger partial charge is 0.240 e. The molecule has 112 valence electrons. The van der Waals surface area contributed by atoms with E-state index < -0.39 is 10.0 Å². The molecule has 0 atom stereocenters. The van der Waals surface area contributed by atoms with Gasteiger partial charge in [0.1, 0.15) is 5.82 Å². The van der Waals surface area contributed by atoms with Crippen LogP contribution in [-0.4, -0.2) is 15.0 Å². The Labute approximate surface area is 123 Å². The van der Waals surface area contributed by atoms with Gasteiger partial charge in [-0.15, -0.1) is 0 Å². The van der Waals surface area contributed by atoms with Crippen LogP contribution in [0.5, 0.6) is 0 Å². The van der Waals surface area contributed by atoms with Gasteiger partial charge in [0.05, 0.1) is 4.90 Å². The molecule has 3 N–H and O–H groups in total. The second-order valence-electron chi connectivity index (χ2n) is 4.80. The number of nitrogens with two attached hydrogens (primary N) is 1. The van der Waals surface area contributed by atoms with E-state index in [4.69, 9.17) is 5.73 Å². The Bertz CT molecular complexity index is 745. The first-order valence-corrected chi connectivity index (χ1v) is 7.97. The minimum Gasteiger partial charge on any atom is -0.399 e. The predicted octanol–water partition coefficient (Wildman–Crippen LogP) is 2.24. The Morgan fingerprint density at radius 2 is 1.95 bits per heavy atom. The highest BCUT2D eigenvalue weighted by molar-refractivity contribution is 7.89. The topological polar surface area (TPSA) is 72.2 Å². The summed E-state index contributed by atoms with van der Waals surface area (Å²) in [6, 6.07) is 10.7. The molecule has 6 heteroatoms. The zero-order valence-corrected chi connectivity index (χ0v) is 12.5. The highest BCUT2D eigenvalue weighted by Crippen LogP contribution is 2.16. The van der Waals surface area contributed by atoms with Gasteiger partial charge in [0.25, 0.3) is 0 Å². The van der Waals surface area contributed by atoms with Crippen molar-refractivity contribution in [2.75, 3.05) is 12.3 Å². The Hall–Kier alpha value is -1.92. The van der Waals surface area contributed by atoms with Gasteiger partial charge in [-0.3, -0.25) is 0 Å². The van der Waals surface area contributed by atoms with E-state index in [-0.39, 0.29) is 17.3 Å². The summed E-state index contributed by atoms with van der Waals surface area (Å²) in [6.07, 6.45) is 0.422. The summed E-state index contributed by atoms with van der Waals surface area (Å²) in [4.78, 5) is 0.174. The first-order valence-electron chi connectivity index (χ1n) is 6.49. The Morgan fingerprint density at radius 3 is 2.62 bits per heavy atom. The number of halogens is 1. The van der Waals surface area contributed by atoms with E-state index in [0.29, 0.717) is 17.7 Å². The van der Waals surface area contributed by atoms with Gasteiger partial charge < -0.3 is 5.73 Å². The fourth-order valence-corrected chi connectivity index (χ4v) is 3.04. The number of benzene rings is 2. The minimum atomic E-state index is -3.58. The molecule has 0 saturated carbocycles. The maximum Gasteiger partial charge on any atom is 0.240 e. The van der Waals surface area contributed by atoms with Crippen molar-refractivity contribution in [3.05, 3.63) is 59.4 Å². The summed E-state index contributed by atoms with van der Waals surface area (Å²) < 4.78 is 39.8. The molecule has 0 aliphatic heterocycles. The monoisotopic (exact) mass is 308 g/mol. The van der Waals surface area contributed by atoms with Crippen LogP contribution in [0.4, 0.5) is 10.1 Å². The van der Waals surface area contributed by atoms with Gasteiger partial charge in [-0.25, -0.2) is 17.5 Å². The number of nitrogen functional groups attached to an aromatic ring is 1. The SMILES string of the molecule is Cc1cc(S(=O)(=O)NCCc2cccc(F)c2)ccc1N. The van der Waals surface area contributed by atoms with Gasteiger partial charge in [0.2, 0.25) is 10.0 Å². The number of nitrogens with one attached hydrogen (secondary N) is 1. The standard InChI is InChI=1S/C15H17FN2O2S/c1-11-9-14(5-6-15(11)17)21(19,20)18-8-7-12-3-2-4-13(16)10-12/h2-6,9-10,18H,7-8,17H2,1H3. The molecule has 21 heavy (non-hydrogen) atoms. The molecule has 0 saturated heterocycles. The lowest BCUT2D eigenvalue weighted by atomic mass is 10.1. The molecule has 0 spiro atoms. The van der Waals surface area contributed by atoms with Crippen LogP contribution in [0, 0.1) is 12.7 Å². The number of sulfonamides is 1. The van der Waals surface area contributed by atoms with Gasteiger partial charge >= 0.3 is 0 Å². The van der Waals surface area contributed by atoms with Gasteiger partial charge in [-0.05, 0) is 54.8 Å². The first kappa shape index (κ1) is 15.5. The van der Waals surface area contributed by atoms with Crippen molar-refractivity contribution >= 4 is 15.7 Å². The summed E-state index contributed by atoms with van der Waals surface area (Å²) in [7, 11) is -3.58. The molecule has 4 nitrogen and oxygen atoms in total. The van der Waals surface area contributed by atoms with E-state index in [9.17, 15) is 12.8 Å². The molecule has 2 aromatic carbocycles. The average Bonchev–Trinajstić information content (AvgIpc) is 2.41. The molecule has 0 fully saturated rings. The fourth-order valence-electron chi connectivity index (χ4n) is 1.92. The highest BCUT2D eigenvalue weighted by Gasteiger charge is 2.14. The summed E-state index contributed by atoms with van der Waals surface area (Å²) in [5.74, 6) is -0.329. The van der Waals surface area contributed by atoms with Crippen LogP contribution in [0.1, 0.15) is 11.1 Å². The molecule has 0 aromatic heterocycles. The van der Waals surface area contributed by atoms with Gasteiger partial charge in [-0.1, -0.05) is 12.1 Å². The van der Waals surface area contributed by atoms with E-state index in [0.717, 1.165) is 5.56 Å². The van der Waals surface area contributed by atoms with Crippen LogP contribution in [0.25, 0.3) is 0 Å². The average molecular weight is 308 g/mol. The Morgan fingerprint density at radius 1 is 1.19 bits per heavy atom. The number of rotatable bonds is 5. The van der Waals surface area contributed by atoms with Crippen LogP contribution in [-0.2, 0) is 16.4 Å². The van der Waals surface area contributed by atoms with E-state index in [1.807, 2.05) is 0 Å². The van der Waals surface area contributed by atoms with Crippen LogP contribution in [0.3, 0.4) is 0 Å². The van der Waals surface area contributed by atoms with Crippen molar-refractivity contribution in [2.24, 2.45) is 0 Å². The molecular formula is C15H17FN2O2S. The quantitative estimate of drug-likeness (QED) is 0.832. The van der Waals surface area contributed by atoms with Crippen molar-refractivity contribution in [3.63, 3.8) is 0 Å². The molecule has 0 radical (unpaired) electrons. The van der Waals surface area contributed by atoms with Crippen molar-refractivity contribution < 1.29 is 12.8 Å². The second kappa shape index (κ2) is 6.24. The minimum absolute atomic E-state index is 0.174. The van der Waals surface area contributed by atoms with Gasteiger partial charge in [-0.2, -0.15) is 0 Å². The van der Waals surface area contributed by atoms with E-state index in [1.54, 1.807) is 25.1 Å². The molecular weight excluding hydrogens is 291 g/mol. The molecule has 0 unspecified atom stereocenters. The maximum atomic E-state index is 13.0. The molecule has 0 amide bonds. The summed E-state index contributed by atoms with van der Waals surface area (Å²) in [6.45, 7) is 1.95. The van der Waals surface area contributed by atoms with Crippen molar-refractivity contribution in [2.45, 2.75) is 18.2 Å². The zero-order chi connectivity index (χ0) is 15.5. The van der Waals surface area contributed by atoms with Crippen molar-refractivity contribution in [3.8, 4) is 0 Å². The molecule has 2 aromatic rings. The van der Waals surface area contributed by atoms with E-state index in [1.165, 1.54) is 24.3 Å². The van der Waals surface area contributed by atoms with Crippen LogP contribution >= 0.6 is 0 Å². The van der Waals surface area contributed by atoms with E-state index in [2.05, 4.69) is 4.72 Å². The summed E-state index contributed by atoms with van der Waals surface area (Å²) in [5, 5.41) is 0. The number of hydrogen-bond donors (Lipinski definition) is 2. The van der Waals surface area contributed by atoms with Crippen LogP contribution in [0.2, 0.25) is 0 Å². The molecule has 0 aliphatic rings. The number of anilines is 1. The largest absolute Gasteiger partial charge is 0.399 e. The van der Waals surface area contributed by atoms with Crippen molar-refractivity contribution in [1.82, 2.24) is 4.72 Å². The maximum absolute atomic E-state index is 13.0. The fraction of sp³-hybridized carbons (Fsp3) is 0.200. The van der Waals surface area contributed by atoms with Crippen molar-refractivity contribution in [1.29, 1.82) is 0 Å². The van der Waals surface area contributed by atoms with Crippen LogP contribution in [0.15, 0.2) is 47.4 Å². The second-order valence-corrected chi connectivity index (χ2v) is 6.56. The number of hydrogen-bond acceptors (Lipinski definition) is 3. The highest BCUT2D eigenvalue weighted by atomic mass is 32.2. The third-order valence-electron chi connectivity index (χ3n) is 3.15.